The molecular weight excluding hydrogens is 490 g/mol. The van der Waals surface area contributed by atoms with Gasteiger partial charge in [0.1, 0.15) is 5.75 Å². The molecule has 3 aliphatic rings. The van der Waals surface area contributed by atoms with Crippen molar-refractivity contribution in [1.29, 1.82) is 5.26 Å². The molecule has 0 amide bonds. The van der Waals surface area contributed by atoms with Crippen molar-refractivity contribution in [2.24, 2.45) is 0 Å². The minimum absolute atomic E-state index is 0.123. The van der Waals surface area contributed by atoms with Crippen molar-refractivity contribution in [3.63, 3.8) is 0 Å². The summed E-state index contributed by atoms with van der Waals surface area (Å²) in [5.74, 6) is 1.11. The summed E-state index contributed by atoms with van der Waals surface area (Å²) in [6, 6.07) is 25.7. The number of rotatable bonds is 1. The van der Waals surface area contributed by atoms with Gasteiger partial charge in [0.2, 0.25) is 0 Å². The van der Waals surface area contributed by atoms with E-state index in [0.29, 0.717) is 17.0 Å². The summed E-state index contributed by atoms with van der Waals surface area (Å²) in [5, 5.41) is 11.9. The molecule has 0 saturated heterocycles. The highest BCUT2D eigenvalue weighted by atomic mass is 35.5. The lowest BCUT2D eigenvalue weighted by Crippen LogP contribution is -2.14. The number of allylic oxidation sites excluding steroid dienone is 5. The monoisotopic (exact) mass is 513 g/mol. The smallest absolute Gasteiger partial charge is 0.168 e. The number of nitriles is 1. The van der Waals surface area contributed by atoms with Gasteiger partial charge in [-0.3, -0.25) is 4.79 Å². The Morgan fingerprint density at radius 2 is 1.68 bits per heavy atom. The predicted octanol–water partition coefficient (Wildman–Crippen LogP) is 8.86. The number of para-hydroxylation sites is 1. The Labute approximate surface area is 226 Å². The summed E-state index contributed by atoms with van der Waals surface area (Å²) in [4.78, 5) is 13.2. The van der Waals surface area contributed by atoms with Gasteiger partial charge in [0.05, 0.1) is 17.9 Å². The summed E-state index contributed by atoms with van der Waals surface area (Å²) in [6.45, 7) is 0. The Bertz CT molecular complexity index is 1710. The maximum Gasteiger partial charge on any atom is 0.168 e. The molecule has 0 aromatic heterocycles. The highest BCUT2D eigenvalue weighted by Gasteiger charge is 2.28. The van der Waals surface area contributed by atoms with E-state index in [1.807, 2.05) is 72.8 Å². The molecule has 0 unspecified atom stereocenters. The molecule has 184 valence electrons. The van der Waals surface area contributed by atoms with E-state index in [1.165, 1.54) is 11.1 Å². The number of ether oxygens (including phenoxy) is 1. The van der Waals surface area contributed by atoms with Gasteiger partial charge in [-0.05, 0) is 65.8 Å². The standard InChI is InChI=1S/C25H16ClNO.C9H8O/c26-22-8-4-3-7-19(22)21-10-9-16(14-27)18-11-12-20-17-6-2-1-5-15(17)13-23(28)25(20)24(18)21;1-2-6-9-8(4-1)5-3-7-10-9/h2-4,6-12H,1,5,13H2;1-4,6-7H,5H2. The summed E-state index contributed by atoms with van der Waals surface area (Å²) in [6.07, 6.45) is 11.4. The van der Waals surface area contributed by atoms with Crippen molar-refractivity contribution >= 4 is 33.7 Å². The molecule has 4 aromatic rings. The first-order valence-corrected chi connectivity index (χ1v) is 13.1. The summed E-state index contributed by atoms with van der Waals surface area (Å²) >= 11 is 6.49. The lowest BCUT2D eigenvalue weighted by molar-refractivity contribution is 0.0992. The molecule has 0 atom stereocenters. The second kappa shape index (κ2) is 10.2. The van der Waals surface area contributed by atoms with E-state index < -0.39 is 0 Å². The Kier molecular flexibility index (Phi) is 6.42. The quantitative estimate of drug-likeness (QED) is 0.255. The van der Waals surface area contributed by atoms with Crippen LogP contribution in [0.1, 0.15) is 46.3 Å². The molecule has 7 rings (SSSR count). The second-order valence-corrected chi connectivity index (χ2v) is 9.93. The minimum atomic E-state index is 0.123. The van der Waals surface area contributed by atoms with Gasteiger partial charge < -0.3 is 4.74 Å². The van der Waals surface area contributed by atoms with Gasteiger partial charge >= 0.3 is 0 Å². The number of carbonyl (C=O) groups is 1. The van der Waals surface area contributed by atoms with E-state index in [0.717, 1.165) is 63.6 Å². The number of halogens is 1. The van der Waals surface area contributed by atoms with E-state index >= 15 is 0 Å². The molecule has 0 spiro atoms. The highest BCUT2D eigenvalue weighted by molar-refractivity contribution is 6.34. The molecule has 0 fully saturated rings. The Balaban J connectivity index is 0.000000221. The molecule has 1 heterocycles. The first-order valence-electron chi connectivity index (χ1n) is 12.7. The van der Waals surface area contributed by atoms with Gasteiger partial charge in [0.25, 0.3) is 0 Å². The van der Waals surface area contributed by atoms with Crippen LogP contribution in [0.2, 0.25) is 5.02 Å². The first kappa shape index (κ1) is 24.0. The first-order chi connectivity index (χ1) is 18.7. The topological polar surface area (TPSA) is 50.1 Å². The van der Waals surface area contributed by atoms with Crippen molar-refractivity contribution in [1.82, 2.24) is 0 Å². The molecule has 4 heteroatoms. The maximum atomic E-state index is 13.2. The molecule has 2 aliphatic carbocycles. The van der Waals surface area contributed by atoms with E-state index in [-0.39, 0.29) is 5.78 Å². The van der Waals surface area contributed by atoms with Crippen molar-refractivity contribution < 1.29 is 9.53 Å². The van der Waals surface area contributed by atoms with E-state index in [9.17, 15) is 10.1 Å². The number of benzene rings is 4. The van der Waals surface area contributed by atoms with Crippen LogP contribution in [-0.4, -0.2) is 5.78 Å². The van der Waals surface area contributed by atoms with Crippen LogP contribution in [-0.2, 0) is 6.42 Å². The summed E-state index contributed by atoms with van der Waals surface area (Å²) in [7, 11) is 0. The van der Waals surface area contributed by atoms with Crippen molar-refractivity contribution in [2.75, 3.05) is 0 Å². The Morgan fingerprint density at radius 1 is 0.868 bits per heavy atom. The number of ketones is 1. The SMILES string of the molecule is C1=COc2ccccc2C1.N#Cc1ccc(-c2ccccc2Cl)c2c3c(ccc12)C1=C(CCC=C1)CC3=O. The number of nitrogens with zero attached hydrogens (tertiary/aromatic N) is 1. The largest absolute Gasteiger partial charge is 0.465 e. The Morgan fingerprint density at radius 3 is 2.53 bits per heavy atom. The van der Waals surface area contributed by atoms with Crippen LogP contribution in [0.25, 0.3) is 27.5 Å². The number of hydrogen-bond acceptors (Lipinski definition) is 3. The molecule has 3 nitrogen and oxygen atoms in total. The number of hydrogen-bond donors (Lipinski definition) is 0. The van der Waals surface area contributed by atoms with E-state index in [1.54, 1.807) is 6.26 Å². The average molecular weight is 514 g/mol. The van der Waals surface area contributed by atoms with E-state index in [4.69, 9.17) is 16.3 Å². The third-order valence-electron chi connectivity index (χ3n) is 7.29. The lowest BCUT2D eigenvalue weighted by atomic mass is 9.77. The Hall–Kier alpha value is -4.39. The van der Waals surface area contributed by atoms with Crippen molar-refractivity contribution in [3.05, 3.63) is 130 Å². The minimum Gasteiger partial charge on any atom is -0.465 e. The van der Waals surface area contributed by atoms with Gasteiger partial charge in [-0.2, -0.15) is 5.26 Å². The normalized spacial score (nSPS) is 15.0. The van der Waals surface area contributed by atoms with Crippen molar-refractivity contribution in [2.45, 2.75) is 25.7 Å². The lowest BCUT2D eigenvalue weighted by Gasteiger charge is -2.25. The van der Waals surface area contributed by atoms with Gasteiger partial charge in [0.15, 0.2) is 5.78 Å². The molecule has 38 heavy (non-hydrogen) atoms. The molecule has 4 aromatic carbocycles. The molecular formula is C34H24ClNO2. The van der Waals surface area contributed by atoms with E-state index in [2.05, 4.69) is 24.3 Å². The van der Waals surface area contributed by atoms with Crippen LogP contribution in [0.5, 0.6) is 5.75 Å². The molecule has 0 radical (unpaired) electrons. The zero-order valence-electron chi connectivity index (χ0n) is 20.7. The van der Waals surface area contributed by atoms with Gasteiger partial charge in [-0.25, -0.2) is 0 Å². The van der Waals surface area contributed by atoms with Crippen LogP contribution < -0.4 is 4.74 Å². The van der Waals surface area contributed by atoms with Crippen molar-refractivity contribution in [3.8, 4) is 22.9 Å². The molecule has 1 aliphatic heterocycles. The van der Waals surface area contributed by atoms with Gasteiger partial charge in [0, 0.05) is 33.3 Å². The zero-order chi connectivity index (χ0) is 26.1. The van der Waals surface area contributed by atoms with Gasteiger partial charge in [-0.15, -0.1) is 0 Å². The fourth-order valence-corrected chi connectivity index (χ4v) is 5.74. The van der Waals surface area contributed by atoms with Gasteiger partial charge in [-0.1, -0.05) is 83.9 Å². The van der Waals surface area contributed by atoms with Crippen LogP contribution in [0.15, 0.2) is 103 Å². The number of carbonyl (C=O) groups excluding carboxylic acids is 1. The fraction of sp³-hybridized carbons (Fsp3) is 0.118. The zero-order valence-corrected chi connectivity index (χ0v) is 21.5. The molecule has 0 N–H and O–H groups in total. The highest BCUT2D eigenvalue weighted by Crippen LogP contribution is 2.44. The molecule has 0 saturated carbocycles. The summed E-state index contributed by atoms with van der Waals surface area (Å²) in [5.41, 5.74) is 7.68. The number of Topliss-reactive ketones (excluding diaryl/α,β-unsaturated/α-hetero) is 1. The van der Waals surface area contributed by atoms with Crippen LogP contribution in [0, 0.1) is 11.3 Å². The fourth-order valence-electron chi connectivity index (χ4n) is 5.50. The molecule has 0 bridgehead atoms. The maximum absolute atomic E-state index is 13.2. The van der Waals surface area contributed by atoms with Crippen LogP contribution in [0.3, 0.4) is 0 Å². The van der Waals surface area contributed by atoms with Crippen LogP contribution >= 0.6 is 11.6 Å². The third-order valence-corrected chi connectivity index (χ3v) is 7.62. The average Bonchev–Trinajstić information content (AvgIpc) is 2.97. The third kappa shape index (κ3) is 4.24. The predicted molar refractivity (Wildman–Crippen MR) is 153 cm³/mol. The number of fused-ring (bicyclic) bond motifs is 5. The second-order valence-electron chi connectivity index (χ2n) is 9.52. The van der Waals surface area contributed by atoms with Crippen LogP contribution in [0.4, 0.5) is 0 Å². The summed E-state index contributed by atoms with van der Waals surface area (Å²) < 4.78 is 5.24.